The Bertz CT molecular complexity index is 1800. The first kappa shape index (κ1) is 31.0. The van der Waals surface area contributed by atoms with Gasteiger partial charge in [0.25, 0.3) is 0 Å². The van der Waals surface area contributed by atoms with Crippen LogP contribution in [0.25, 0.3) is 17.2 Å². The summed E-state index contributed by atoms with van der Waals surface area (Å²) in [5.41, 5.74) is 3.29. The van der Waals surface area contributed by atoms with E-state index < -0.39 is 17.3 Å². The van der Waals surface area contributed by atoms with Crippen molar-refractivity contribution in [2.75, 3.05) is 0 Å². The fourth-order valence-corrected chi connectivity index (χ4v) is 13.6. The van der Waals surface area contributed by atoms with Gasteiger partial charge in [-0.15, -0.1) is 0 Å². The Morgan fingerprint density at radius 2 is 1.35 bits per heavy atom. The number of phenolic OH excluding ortho intramolecular Hbond substituents is 3. The highest BCUT2D eigenvalue weighted by atomic mass is 16.5. The molecule has 3 heterocycles. The minimum Gasteiger partial charge on any atom is -0.504 e. The highest BCUT2D eigenvalue weighted by molar-refractivity contribution is 5.95. The summed E-state index contributed by atoms with van der Waals surface area (Å²) in [6, 6.07) is 3.31. The molecule has 3 aliphatic heterocycles. The Morgan fingerprint density at radius 3 is 2.10 bits per heavy atom. The van der Waals surface area contributed by atoms with Crippen molar-refractivity contribution >= 4 is 6.08 Å². The van der Waals surface area contributed by atoms with Crippen LogP contribution < -0.4 is 14.2 Å². The summed E-state index contributed by atoms with van der Waals surface area (Å²) >= 11 is 0. The van der Waals surface area contributed by atoms with E-state index >= 15 is 0 Å². The summed E-state index contributed by atoms with van der Waals surface area (Å²) in [6.45, 7) is 19.0. The van der Waals surface area contributed by atoms with Crippen molar-refractivity contribution in [2.45, 2.75) is 137 Å². The van der Waals surface area contributed by atoms with Crippen LogP contribution in [0.1, 0.15) is 137 Å². The quantitative estimate of drug-likeness (QED) is 0.245. The fourth-order valence-electron chi connectivity index (χ4n) is 13.6. The molecule has 9 rings (SSSR count). The van der Waals surface area contributed by atoms with Crippen molar-refractivity contribution in [3.63, 3.8) is 0 Å². The molecule has 2 aromatic rings. The zero-order chi connectivity index (χ0) is 34.0. The van der Waals surface area contributed by atoms with E-state index in [1.165, 1.54) is 24.8 Å². The predicted molar refractivity (Wildman–Crippen MR) is 187 cm³/mol. The molecule has 0 aromatic heterocycles. The Kier molecular flexibility index (Phi) is 5.94. The van der Waals surface area contributed by atoms with E-state index in [2.05, 4.69) is 61.5 Å². The number of ether oxygens (including phenoxy) is 3. The maximum absolute atomic E-state index is 11.9. The third-order valence-electron chi connectivity index (χ3n) is 15.5. The fraction of sp³-hybridized carbons (Fsp3) is 0.667. The van der Waals surface area contributed by atoms with Gasteiger partial charge >= 0.3 is 0 Å². The second kappa shape index (κ2) is 9.20. The molecule has 4 saturated carbocycles. The predicted octanol–water partition coefficient (Wildman–Crippen LogP) is 10.5. The van der Waals surface area contributed by atoms with Crippen molar-refractivity contribution < 1.29 is 29.5 Å². The topological polar surface area (TPSA) is 88.4 Å². The van der Waals surface area contributed by atoms with Crippen LogP contribution in [0.4, 0.5) is 0 Å². The van der Waals surface area contributed by atoms with Gasteiger partial charge in [0, 0.05) is 40.3 Å². The van der Waals surface area contributed by atoms with Crippen molar-refractivity contribution in [3.05, 3.63) is 28.8 Å². The first-order chi connectivity index (χ1) is 22.4. The van der Waals surface area contributed by atoms with Crippen LogP contribution in [0.5, 0.6) is 34.5 Å². The number of rotatable bonds is 0. The van der Waals surface area contributed by atoms with Gasteiger partial charge in [-0.3, -0.25) is 0 Å². The average molecular weight is 655 g/mol. The monoisotopic (exact) mass is 654 g/mol. The van der Waals surface area contributed by atoms with E-state index in [-0.39, 0.29) is 44.8 Å². The van der Waals surface area contributed by atoms with Gasteiger partial charge in [0.15, 0.2) is 23.0 Å². The summed E-state index contributed by atoms with van der Waals surface area (Å²) in [5, 5.41) is 35.0. The van der Waals surface area contributed by atoms with Gasteiger partial charge in [-0.2, -0.15) is 0 Å². The summed E-state index contributed by atoms with van der Waals surface area (Å²) < 4.78 is 21.2. The Hall–Kier alpha value is -3.02. The molecule has 6 heteroatoms. The normalized spacial score (nSPS) is 40.8. The van der Waals surface area contributed by atoms with Gasteiger partial charge in [0.1, 0.15) is 28.8 Å². The largest absolute Gasteiger partial charge is 0.504 e. The van der Waals surface area contributed by atoms with Crippen LogP contribution in [0.15, 0.2) is 17.7 Å². The number of fused-ring (bicyclic) bond motifs is 11. The number of benzene rings is 2. The summed E-state index contributed by atoms with van der Waals surface area (Å²) in [4.78, 5) is 0. The molecule has 258 valence electrons. The molecule has 6 nitrogen and oxygen atoms in total. The molecule has 4 aliphatic carbocycles. The molecular weight excluding hydrogens is 600 g/mol. The van der Waals surface area contributed by atoms with Crippen LogP contribution in [0, 0.1) is 39.4 Å². The maximum atomic E-state index is 11.9. The smallest absolute Gasteiger partial charge is 0.170 e. The van der Waals surface area contributed by atoms with Crippen LogP contribution >= 0.6 is 0 Å². The third kappa shape index (κ3) is 3.71. The van der Waals surface area contributed by atoms with E-state index in [1.807, 2.05) is 0 Å². The van der Waals surface area contributed by atoms with Crippen molar-refractivity contribution in [2.24, 2.45) is 39.4 Å². The molecule has 0 bridgehead atoms. The van der Waals surface area contributed by atoms with Gasteiger partial charge in [-0.25, -0.2) is 0 Å². The van der Waals surface area contributed by atoms with Gasteiger partial charge in [0.05, 0.1) is 0 Å². The number of hydrogen-bond acceptors (Lipinski definition) is 6. The van der Waals surface area contributed by atoms with Crippen molar-refractivity contribution in [3.8, 4) is 45.6 Å². The van der Waals surface area contributed by atoms with Gasteiger partial charge < -0.3 is 29.5 Å². The SMILES string of the molecule is CC1(C)CCC[C@]2(C)[C@H]3[C@@H]4Oc5c(O)cc6c(c5-c5c(O)c(O)cc(c54)O[C@@]3(C)CC[C@@H]12)C=C1[C@](C)(CC[C@H]2C(C)(C)CCC[C@]12C)O6. The van der Waals surface area contributed by atoms with Gasteiger partial charge in [0.2, 0.25) is 0 Å². The first-order valence-electron chi connectivity index (χ1n) is 18.7. The zero-order valence-corrected chi connectivity index (χ0v) is 30.2. The Balaban J connectivity index is 1.28. The van der Waals surface area contributed by atoms with Crippen LogP contribution in [-0.4, -0.2) is 26.5 Å². The standard InChI is InChI=1S/C42H54O6/c1-37(2)13-9-15-39(5)27(37)11-17-41(7)29(39)19-22-25(47-41)21-24(44)34-30(22)32-31-26(20-23(43)33(32)45)48-42(8)18-12-28-38(3,4)14-10-16-40(28,6)36(42)35(31)46-34/h19-21,27-28,35-36,43-45H,9-18H2,1-8H3/t27-,28-,35+,36+,39-,40-,41-,42-/m0/s1. The lowest BCUT2D eigenvalue weighted by Crippen LogP contribution is -2.63. The summed E-state index contributed by atoms with van der Waals surface area (Å²) in [7, 11) is 0. The van der Waals surface area contributed by atoms with Gasteiger partial charge in [-0.1, -0.05) is 54.4 Å². The van der Waals surface area contributed by atoms with Crippen molar-refractivity contribution in [1.29, 1.82) is 0 Å². The second-order valence-electron chi connectivity index (χ2n) is 19.2. The van der Waals surface area contributed by atoms with E-state index in [9.17, 15) is 15.3 Å². The van der Waals surface area contributed by atoms with Crippen molar-refractivity contribution in [1.82, 2.24) is 0 Å². The molecule has 8 atom stereocenters. The lowest BCUT2D eigenvalue weighted by Gasteiger charge is -2.65. The molecule has 0 unspecified atom stereocenters. The molecule has 0 radical (unpaired) electrons. The molecule has 2 aromatic carbocycles. The number of hydrogen-bond donors (Lipinski definition) is 3. The van der Waals surface area contributed by atoms with Crippen LogP contribution in [-0.2, 0) is 0 Å². The first-order valence-corrected chi connectivity index (χ1v) is 18.7. The third-order valence-corrected chi connectivity index (χ3v) is 15.5. The van der Waals surface area contributed by atoms with Crippen LogP contribution in [0.2, 0.25) is 0 Å². The molecule has 48 heavy (non-hydrogen) atoms. The maximum Gasteiger partial charge on any atom is 0.170 e. The molecule has 0 spiro atoms. The van der Waals surface area contributed by atoms with Crippen LogP contribution in [0.3, 0.4) is 0 Å². The average Bonchev–Trinajstić information content (AvgIpc) is 2.97. The van der Waals surface area contributed by atoms with E-state index in [0.717, 1.165) is 56.1 Å². The summed E-state index contributed by atoms with van der Waals surface area (Å²) in [5.74, 6) is 2.14. The molecule has 0 saturated heterocycles. The lowest BCUT2D eigenvalue weighted by molar-refractivity contribution is -0.197. The molecular formula is C42H54O6. The lowest BCUT2D eigenvalue weighted by atomic mass is 9.44. The highest BCUT2D eigenvalue weighted by Crippen LogP contribution is 2.72. The molecule has 7 aliphatic rings. The van der Waals surface area contributed by atoms with E-state index in [1.54, 1.807) is 12.1 Å². The minimum absolute atomic E-state index is 0.00696. The van der Waals surface area contributed by atoms with E-state index in [0.29, 0.717) is 40.2 Å². The molecule has 0 amide bonds. The summed E-state index contributed by atoms with van der Waals surface area (Å²) in [6.07, 6.45) is 12.8. The number of aromatic hydroxyl groups is 3. The molecule has 3 N–H and O–H groups in total. The number of phenols is 3. The zero-order valence-electron chi connectivity index (χ0n) is 30.2. The Labute approximate surface area is 285 Å². The second-order valence-corrected chi connectivity index (χ2v) is 19.2. The Morgan fingerprint density at radius 1 is 0.688 bits per heavy atom. The molecule has 4 fully saturated rings. The highest BCUT2D eigenvalue weighted by Gasteiger charge is 2.66. The van der Waals surface area contributed by atoms with Gasteiger partial charge in [-0.05, 0) is 110 Å². The minimum atomic E-state index is -0.523. The van der Waals surface area contributed by atoms with E-state index in [4.69, 9.17) is 14.2 Å².